The van der Waals surface area contributed by atoms with Gasteiger partial charge in [-0.3, -0.25) is 0 Å². The van der Waals surface area contributed by atoms with Gasteiger partial charge in [0.2, 0.25) is 0 Å². The van der Waals surface area contributed by atoms with Gasteiger partial charge in [0.05, 0.1) is 20.0 Å². The maximum Gasteiger partial charge on any atom is 0.0873 e. The fourth-order valence-electron chi connectivity index (χ4n) is 1.48. The first kappa shape index (κ1) is 10.7. The number of para-hydroxylation sites is 1. The zero-order valence-electron chi connectivity index (χ0n) is 8.23. The van der Waals surface area contributed by atoms with Gasteiger partial charge >= 0.3 is 0 Å². The molecule has 1 aliphatic rings. The number of hydrogen-bond acceptors (Lipinski definition) is 4. The van der Waals surface area contributed by atoms with Crippen LogP contribution in [0.25, 0.3) is 0 Å². The van der Waals surface area contributed by atoms with Crippen LogP contribution in [0.1, 0.15) is 0 Å². The van der Waals surface area contributed by atoms with E-state index in [2.05, 4.69) is 5.43 Å². The molecule has 1 radical (unpaired) electrons. The molecule has 2 N–H and O–H groups in total. The lowest BCUT2D eigenvalue weighted by atomic mass is 10.3. The number of hydrazine groups is 1. The average molecular weight is 227 g/mol. The predicted octanol–water partition coefficient (Wildman–Crippen LogP) is 1.16. The second-order valence-electron chi connectivity index (χ2n) is 3.44. The number of benzene rings is 1. The first-order valence-corrected chi connectivity index (χ1v) is 5.01. The maximum atomic E-state index is 7.52. The van der Waals surface area contributed by atoms with Gasteiger partial charge in [0.15, 0.2) is 0 Å². The first-order chi connectivity index (χ1) is 7.24. The highest BCUT2D eigenvalue weighted by Gasteiger charge is 2.20. The van der Waals surface area contributed by atoms with Crippen molar-refractivity contribution >= 4 is 17.5 Å². The van der Waals surface area contributed by atoms with E-state index in [4.69, 9.17) is 17.6 Å². The van der Waals surface area contributed by atoms with Gasteiger partial charge in [-0.25, -0.2) is 0 Å². The van der Waals surface area contributed by atoms with Crippen LogP contribution in [0, 0.1) is 0 Å². The molecule has 0 amide bonds. The Labute approximate surface area is 94.0 Å². The minimum Gasteiger partial charge on any atom is -0.316 e. The number of nitrogens with one attached hydrogen (secondary N) is 2. The molecule has 2 rings (SSSR count). The molecule has 0 saturated carbocycles. The smallest absolute Gasteiger partial charge is 0.0873 e. The molecule has 0 bridgehead atoms. The van der Waals surface area contributed by atoms with Gasteiger partial charge in [0.25, 0.3) is 0 Å². The summed E-state index contributed by atoms with van der Waals surface area (Å²) in [6, 6.07) is 9.83. The summed E-state index contributed by atoms with van der Waals surface area (Å²) in [6.07, 6.45) is 0. The van der Waals surface area contributed by atoms with Gasteiger partial charge in [0, 0.05) is 5.69 Å². The molecule has 81 valence electrons. The van der Waals surface area contributed by atoms with Crippen LogP contribution in [0.4, 0.5) is 5.69 Å². The Morgan fingerprint density at radius 3 is 2.53 bits per heavy atom. The molecule has 0 spiro atoms. The highest BCUT2D eigenvalue weighted by Crippen LogP contribution is 2.11. The normalized spacial score (nSPS) is 20.4. The number of rotatable bonds is 2. The maximum absolute atomic E-state index is 7.52. The van der Waals surface area contributed by atoms with Crippen LogP contribution in [-0.4, -0.2) is 34.4 Å². The molecule has 1 aliphatic heterocycles. The molecular formula is C9H13ClN5. The lowest BCUT2D eigenvalue weighted by molar-refractivity contribution is 0.0234. The van der Waals surface area contributed by atoms with E-state index >= 15 is 0 Å². The van der Waals surface area contributed by atoms with Gasteiger partial charge in [-0.1, -0.05) is 18.2 Å². The van der Waals surface area contributed by atoms with E-state index in [0.717, 1.165) is 5.69 Å². The summed E-state index contributed by atoms with van der Waals surface area (Å²) < 4.78 is 1.55. The van der Waals surface area contributed by atoms with E-state index in [1.165, 1.54) is 5.01 Å². The molecule has 15 heavy (non-hydrogen) atoms. The van der Waals surface area contributed by atoms with Gasteiger partial charge in [-0.05, 0) is 23.9 Å². The Hall–Kier alpha value is -0.850. The second kappa shape index (κ2) is 4.78. The van der Waals surface area contributed by atoms with Crippen LogP contribution in [0.3, 0.4) is 0 Å². The van der Waals surface area contributed by atoms with Gasteiger partial charge in [0.1, 0.15) is 0 Å². The summed E-state index contributed by atoms with van der Waals surface area (Å²) in [5, 5.41) is 3.26. The minimum absolute atomic E-state index is 0.453. The second-order valence-corrected chi connectivity index (χ2v) is 3.92. The lowest BCUT2D eigenvalue weighted by Crippen LogP contribution is -2.53. The highest BCUT2D eigenvalue weighted by molar-refractivity contribution is 6.13. The Morgan fingerprint density at radius 2 is 1.87 bits per heavy atom. The molecule has 1 aromatic carbocycles. The number of hydrogen-bond donors (Lipinski definition) is 1. The molecule has 0 unspecified atom stereocenters. The van der Waals surface area contributed by atoms with Crippen molar-refractivity contribution < 1.29 is 0 Å². The number of anilines is 1. The zero-order chi connectivity index (χ0) is 10.7. The van der Waals surface area contributed by atoms with Crippen LogP contribution in [-0.2, 0) is 0 Å². The Bertz CT molecular complexity index is 297. The summed E-state index contributed by atoms with van der Waals surface area (Å²) in [7, 11) is 0. The molecule has 1 heterocycles. The van der Waals surface area contributed by atoms with Crippen molar-refractivity contribution in [2.45, 2.75) is 0 Å². The van der Waals surface area contributed by atoms with Crippen molar-refractivity contribution in [1.82, 2.24) is 20.3 Å². The van der Waals surface area contributed by atoms with E-state index < -0.39 is 0 Å². The van der Waals surface area contributed by atoms with Crippen molar-refractivity contribution in [3.05, 3.63) is 30.3 Å². The van der Waals surface area contributed by atoms with Gasteiger partial charge in [-0.2, -0.15) is 20.3 Å². The molecular weight excluding hydrogens is 214 g/mol. The standard InChI is InChI=1S/C9H13ClN5/c10-13-6-14(11)8-15(7-13)12-9-4-2-1-3-5-9/h1-5,11-12H,6-8H2. The van der Waals surface area contributed by atoms with Crippen LogP contribution in [0.15, 0.2) is 30.3 Å². The van der Waals surface area contributed by atoms with Gasteiger partial charge in [-0.15, -0.1) is 0 Å². The molecule has 0 aromatic heterocycles. The molecule has 5 nitrogen and oxygen atoms in total. The van der Waals surface area contributed by atoms with E-state index in [1.54, 1.807) is 4.42 Å². The fraction of sp³-hybridized carbons (Fsp3) is 0.333. The molecule has 0 atom stereocenters. The van der Waals surface area contributed by atoms with Crippen molar-refractivity contribution in [2.24, 2.45) is 0 Å². The summed E-state index contributed by atoms with van der Waals surface area (Å²) in [5.41, 5.74) is 4.19. The van der Waals surface area contributed by atoms with Gasteiger partial charge < -0.3 is 5.43 Å². The van der Waals surface area contributed by atoms with E-state index in [-0.39, 0.29) is 0 Å². The quantitative estimate of drug-likeness (QED) is 0.769. The number of halogens is 1. The molecule has 6 heteroatoms. The summed E-state index contributed by atoms with van der Waals surface area (Å²) in [4.78, 5) is 0. The third-order valence-electron chi connectivity index (χ3n) is 2.05. The summed E-state index contributed by atoms with van der Waals surface area (Å²) >= 11 is 5.86. The Balaban J connectivity index is 1.94. The Kier molecular flexibility index (Phi) is 3.40. The largest absolute Gasteiger partial charge is 0.316 e. The third-order valence-corrected chi connectivity index (χ3v) is 2.26. The summed E-state index contributed by atoms with van der Waals surface area (Å²) in [5.74, 6) is 7.52. The average Bonchev–Trinajstić information content (AvgIpc) is 2.17. The zero-order valence-corrected chi connectivity index (χ0v) is 8.98. The lowest BCUT2D eigenvalue weighted by Gasteiger charge is -2.36. The number of nitrogens with zero attached hydrogens (tertiary/aromatic N) is 3. The SMILES string of the molecule is [NH]N1CN(Cl)CN(Nc2ccccc2)C1. The van der Waals surface area contributed by atoms with Crippen molar-refractivity contribution in [3.8, 4) is 0 Å². The molecule has 1 aromatic rings. The van der Waals surface area contributed by atoms with Crippen LogP contribution < -0.4 is 11.3 Å². The first-order valence-electron chi connectivity index (χ1n) is 4.67. The minimum atomic E-state index is 0.453. The van der Waals surface area contributed by atoms with E-state index in [0.29, 0.717) is 20.0 Å². The van der Waals surface area contributed by atoms with E-state index in [9.17, 15) is 0 Å². The van der Waals surface area contributed by atoms with Crippen molar-refractivity contribution in [2.75, 3.05) is 25.4 Å². The Morgan fingerprint density at radius 1 is 1.13 bits per heavy atom. The highest BCUT2D eigenvalue weighted by atomic mass is 35.5. The van der Waals surface area contributed by atoms with E-state index in [1.807, 2.05) is 35.3 Å². The molecule has 0 aliphatic carbocycles. The fourth-order valence-corrected chi connectivity index (χ4v) is 1.73. The van der Waals surface area contributed by atoms with Crippen molar-refractivity contribution in [1.29, 1.82) is 0 Å². The summed E-state index contributed by atoms with van der Waals surface area (Å²) in [6.45, 7) is 1.57. The predicted molar refractivity (Wildman–Crippen MR) is 59.1 cm³/mol. The topological polar surface area (TPSA) is 45.6 Å². The van der Waals surface area contributed by atoms with Crippen LogP contribution in [0.2, 0.25) is 0 Å². The molecule has 1 saturated heterocycles. The van der Waals surface area contributed by atoms with Crippen LogP contribution >= 0.6 is 11.8 Å². The third kappa shape index (κ3) is 3.05. The monoisotopic (exact) mass is 226 g/mol. The molecule has 1 fully saturated rings. The van der Waals surface area contributed by atoms with Crippen LogP contribution in [0.5, 0.6) is 0 Å². The van der Waals surface area contributed by atoms with Crippen molar-refractivity contribution in [3.63, 3.8) is 0 Å².